The molecule has 0 saturated heterocycles. The minimum absolute atomic E-state index is 0.327. The summed E-state index contributed by atoms with van der Waals surface area (Å²) in [6.45, 7) is 12.0. The van der Waals surface area contributed by atoms with Crippen molar-refractivity contribution in [2.24, 2.45) is 11.8 Å². The molecular weight excluding hydrogens is 334 g/mol. The zero-order chi connectivity index (χ0) is 18.6. The first-order chi connectivity index (χ1) is 11.8. The van der Waals surface area contributed by atoms with Crippen LogP contribution >= 0.6 is 11.6 Å². The van der Waals surface area contributed by atoms with Crippen LogP contribution in [-0.4, -0.2) is 30.4 Å². The Bertz CT molecular complexity index is 561. The summed E-state index contributed by atoms with van der Waals surface area (Å²) >= 11 is 6.24. The molecule has 3 nitrogen and oxygen atoms in total. The molecular formula is C21H35ClNO2+. The Balaban J connectivity index is 1.87. The topological polar surface area (TPSA) is 46.1 Å². The van der Waals surface area contributed by atoms with E-state index in [0.29, 0.717) is 31.0 Å². The van der Waals surface area contributed by atoms with Gasteiger partial charge < -0.3 is 15.2 Å². The number of aliphatic hydroxyl groups is 1. The summed E-state index contributed by atoms with van der Waals surface area (Å²) in [5.41, 5.74) is 2.11. The van der Waals surface area contributed by atoms with E-state index >= 15 is 0 Å². The molecule has 0 spiro atoms. The fourth-order valence-electron chi connectivity index (χ4n) is 3.79. The van der Waals surface area contributed by atoms with E-state index in [0.717, 1.165) is 27.8 Å². The lowest BCUT2D eigenvalue weighted by Crippen LogP contribution is -2.93. The number of rotatable bonds is 7. The van der Waals surface area contributed by atoms with E-state index in [1.807, 2.05) is 19.1 Å². The maximum atomic E-state index is 10.4. The Morgan fingerprint density at radius 1 is 1.28 bits per heavy atom. The molecule has 1 saturated carbocycles. The number of aliphatic hydroxyl groups excluding tert-OH is 1. The Morgan fingerprint density at radius 2 is 2.00 bits per heavy atom. The van der Waals surface area contributed by atoms with E-state index in [2.05, 4.69) is 33.0 Å². The van der Waals surface area contributed by atoms with Gasteiger partial charge in [0.25, 0.3) is 0 Å². The molecule has 25 heavy (non-hydrogen) atoms. The minimum atomic E-state index is -0.458. The summed E-state index contributed by atoms with van der Waals surface area (Å²) < 4.78 is 5.96. The summed E-state index contributed by atoms with van der Waals surface area (Å²) in [6, 6.07) is 4.60. The Kier molecular flexibility index (Phi) is 7.60. The SMILES string of the molecule is Cc1cc(OC[C@@H](O)C[NH2+][C@H]2CCC[C@H](C)[C@@H]2C)c(C(C)C)cc1Cl. The van der Waals surface area contributed by atoms with Crippen molar-refractivity contribution in [3.05, 3.63) is 28.3 Å². The van der Waals surface area contributed by atoms with Gasteiger partial charge >= 0.3 is 0 Å². The zero-order valence-corrected chi connectivity index (χ0v) is 17.1. The van der Waals surface area contributed by atoms with E-state index < -0.39 is 6.10 Å². The molecule has 0 radical (unpaired) electrons. The molecule has 0 bridgehead atoms. The van der Waals surface area contributed by atoms with Gasteiger partial charge in [-0.3, -0.25) is 0 Å². The second-order valence-corrected chi connectivity index (χ2v) is 8.57. The molecule has 0 heterocycles. The fraction of sp³-hybridized carbons (Fsp3) is 0.714. The standard InChI is InChI=1S/C21H34ClNO2/c1-13(2)18-10-19(22)15(4)9-21(18)25-12-17(24)11-23-20-8-6-7-14(3)16(20)5/h9-10,13-14,16-17,20,23-24H,6-8,11-12H2,1-5H3/p+1/t14-,16-,17-,20-/m0/s1. The normalized spacial score (nSPS) is 25.2. The van der Waals surface area contributed by atoms with Gasteiger partial charge in [0.2, 0.25) is 0 Å². The second kappa shape index (κ2) is 9.25. The number of benzene rings is 1. The van der Waals surface area contributed by atoms with Crippen LogP contribution in [0.1, 0.15) is 64.0 Å². The molecule has 1 aromatic carbocycles. The van der Waals surface area contributed by atoms with E-state index in [1.54, 1.807) is 0 Å². The predicted molar refractivity (Wildman–Crippen MR) is 105 cm³/mol. The van der Waals surface area contributed by atoms with Crippen LogP contribution in [0.4, 0.5) is 0 Å². The van der Waals surface area contributed by atoms with Crippen molar-refractivity contribution >= 4 is 11.6 Å². The highest BCUT2D eigenvalue weighted by Gasteiger charge is 2.30. The van der Waals surface area contributed by atoms with Gasteiger partial charge in [0.15, 0.2) is 0 Å². The Hall–Kier alpha value is -0.770. The van der Waals surface area contributed by atoms with E-state index in [1.165, 1.54) is 19.3 Å². The highest BCUT2D eigenvalue weighted by Crippen LogP contribution is 2.32. The third-order valence-corrected chi connectivity index (χ3v) is 6.23. The lowest BCUT2D eigenvalue weighted by atomic mass is 9.78. The van der Waals surface area contributed by atoms with Gasteiger partial charge in [0.05, 0.1) is 6.04 Å². The van der Waals surface area contributed by atoms with Crippen LogP contribution in [0, 0.1) is 18.8 Å². The van der Waals surface area contributed by atoms with Crippen LogP contribution in [0.15, 0.2) is 12.1 Å². The smallest absolute Gasteiger partial charge is 0.137 e. The van der Waals surface area contributed by atoms with Gasteiger partial charge in [-0.1, -0.05) is 39.3 Å². The number of nitrogens with two attached hydrogens (primary N) is 1. The van der Waals surface area contributed by atoms with Crippen molar-refractivity contribution in [1.29, 1.82) is 0 Å². The van der Waals surface area contributed by atoms with E-state index in [9.17, 15) is 5.11 Å². The van der Waals surface area contributed by atoms with Crippen LogP contribution in [-0.2, 0) is 0 Å². The fourth-order valence-corrected chi connectivity index (χ4v) is 3.96. The minimum Gasteiger partial charge on any atom is -0.490 e. The summed E-state index contributed by atoms with van der Waals surface area (Å²) in [7, 11) is 0. The van der Waals surface area contributed by atoms with Gasteiger partial charge in [0, 0.05) is 10.9 Å². The maximum absolute atomic E-state index is 10.4. The third kappa shape index (κ3) is 5.60. The summed E-state index contributed by atoms with van der Waals surface area (Å²) in [5, 5.41) is 13.5. The molecule has 142 valence electrons. The number of hydrogen-bond acceptors (Lipinski definition) is 2. The summed E-state index contributed by atoms with van der Waals surface area (Å²) in [5.74, 6) is 2.68. The molecule has 1 aliphatic rings. The first kappa shape index (κ1) is 20.5. The van der Waals surface area contributed by atoms with E-state index in [4.69, 9.17) is 16.3 Å². The molecule has 1 fully saturated rings. The van der Waals surface area contributed by atoms with Crippen molar-refractivity contribution in [3.8, 4) is 5.75 Å². The first-order valence-electron chi connectivity index (χ1n) is 9.73. The second-order valence-electron chi connectivity index (χ2n) is 8.16. The van der Waals surface area contributed by atoms with Crippen LogP contribution in [0.25, 0.3) is 0 Å². The van der Waals surface area contributed by atoms with Crippen molar-refractivity contribution in [2.75, 3.05) is 13.2 Å². The van der Waals surface area contributed by atoms with Crippen LogP contribution < -0.4 is 10.1 Å². The molecule has 0 unspecified atom stereocenters. The molecule has 1 aliphatic carbocycles. The molecule has 4 heteroatoms. The van der Waals surface area contributed by atoms with Crippen molar-refractivity contribution in [2.45, 2.75) is 71.9 Å². The third-order valence-electron chi connectivity index (χ3n) is 5.83. The molecule has 2 rings (SSSR count). The molecule has 0 amide bonds. The molecule has 0 aliphatic heterocycles. The average molecular weight is 369 g/mol. The average Bonchev–Trinajstić information content (AvgIpc) is 2.56. The van der Waals surface area contributed by atoms with E-state index in [-0.39, 0.29) is 0 Å². The molecule has 3 N–H and O–H groups in total. The highest BCUT2D eigenvalue weighted by atomic mass is 35.5. The summed E-state index contributed by atoms with van der Waals surface area (Å²) in [6.07, 6.45) is 3.44. The van der Waals surface area contributed by atoms with Crippen LogP contribution in [0.5, 0.6) is 5.75 Å². The first-order valence-corrected chi connectivity index (χ1v) is 10.1. The van der Waals surface area contributed by atoms with Crippen molar-refractivity contribution < 1.29 is 15.2 Å². The highest BCUT2D eigenvalue weighted by molar-refractivity contribution is 6.31. The monoisotopic (exact) mass is 368 g/mol. The zero-order valence-electron chi connectivity index (χ0n) is 16.4. The number of quaternary nitrogens is 1. The number of halogens is 1. The quantitative estimate of drug-likeness (QED) is 0.766. The van der Waals surface area contributed by atoms with Crippen molar-refractivity contribution in [3.63, 3.8) is 0 Å². The van der Waals surface area contributed by atoms with Crippen LogP contribution in [0.3, 0.4) is 0 Å². The summed E-state index contributed by atoms with van der Waals surface area (Å²) in [4.78, 5) is 0. The Morgan fingerprint density at radius 3 is 2.68 bits per heavy atom. The van der Waals surface area contributed by atoms with Crippen molar-refractivity contribution in [1.82, 2.24) is 0 Å². The van der Waals surface area contributed by atoms with Gasteiger partial charge in [-0.05, 0) is 61.3 Å². The lowest BCUT2D eigenvalue weighted by molar-refractivity contribution is -0.704. The largest absolute Gasteiger partial charge is 0.490 e. The number of ether oxygens (including phenoxy) is 1. The van der Waals surface area contributed by atoms with Gasteiger partial charge in [-0.2, -0.15) is 0 Å². The molecule has 1 aromatic rings. The van der Waals surface area contributed by atoms with Gasteiger partial charge in [-0.15, -0.1) is 0 Å². The Labute approximate surface area is 158 Å². The van der Waals surface area contributed by atoms with Gasteiger partial charge in [-0.25, -0.2) is 0 Å². The maximum Gasteiger partial charge on any atom is 0.137 e. The predicted octanol–water partition coefficient (Wildman–Crippen LogP) is 3.90. The van der Waals surface area contributed by atoms with Crippen LogP contribution in [0.2, 0.25) is 5.02 Å². The van der Waals surface area contributed by atoms with Gasteiger partial charge in [0.1, 0.15) is 25.0 Å². The molecule has 0 aromatic heterocycles. The lowest BCUT2D eigenvalue weighted by Gasteiger charge is -2.32. The molecule has 4 atom stereocenters. The number of hydrogen-bond donors (Lipinski definition) is 2. The number of aryl methyl sites for hydroxylation is 1.